The summed E-state index contributed by atoms with van der Waals surface area (Å²) in [5.74, 6) is 1.33. The topological polar surface area (TPSA) is 66.5 Å². The Kier molecular flexibility index (Phi) is 6.91. The largest absolute Gasteiger partial charge is 0.494 e. The molecule has 126 valence electrons. The summed E-state index contributed by atoms with van der Waals surface area (Å²) >= 11 is 0. The Morgan fingerprint density at radius 2 is 2.08 bits per heavy atom. The summed E-state index contributed by atoms with van der Waals surface area (Å²) in [4.78, 5) is 14.3. The molecule has 2 aromatic rings. The number of rotatable bonds is 9. The first-order valence-electron chi connectivity index (χ1n) is 8.16. The number of nitriles is 1. The fourth-order valence-electron chi connectivity index (χ4n) is 2.24. The van der Waals surface area contributed by atoms with E-state index in [4.69, 9.17) is 14.4 Å². The van der Waals surface area contributed by atoms with Crippen molar-refractivity contribution in [1.82, 2.24) is 4.90 Å². The molecule has 0 aliphatic heterocycles. The van der Waals surface area contributed by atoms with Gasteiger partial charge in [-0.05, 0) is 42.8 Å². The molecule has 1 aromatic heterocycles. The van der Waals surface area contributed by atoms with Crippen molar-refractivity contribution in [3.63, 3.8) is 0 Å². The Morgan fingerprint density at radius 1 is 1.29 bits per heavy atom. The van der Waals surface area contributed by atoms with Crippen molar-refractivity contribution in [3.05, 3.63) is 54.0 Å². The van der Waals surface area contributed by atoms with Crippen LogP contribution in [0.5, 0.6) is 5.75 Å². The van der Waals surface area contributed by atoms with Crippen LogP contribution < -0.4 is 4.74 Å². The molecule has 0 unspecified atom stereocenters. The molecule has 0 aliphatic rings. The van der Waals surface area contributed by atoms with Crippen LogP contribution in [0.4, 0.5) is 0 Å². The summed E-state index contributed by atoms with van der Waals surface area (Å²) in [6, 6.07) is 12.8. The van der Waals surface area contributed by atoms with Crippen molar-refractivity contribution in [2.24, 2.45) is 0 Å². The van der Waals surface area contributed by atoms with E-state index in [1.165, 1.54) is 0 Å². The minimum absolute atomic E-state index is 0.123. The molecule has 0 saturated carbocycles. The number of benzene rings is 1. The molecule has 0 spiro atoms. The highest BCUT2D eigenvalue weighted by atomic mass is 16.5. The van der Waals surface area contributed by atoms with E-state index in [2.05, 4.69) is 13.0 Å². The van der Waals surface area contributed by atoms with Gasteiger partial charge in [0.05, 0.1) is 31.9 Å². The third kappa shape index (κ3) is 5.17. The van der Waals surface area contributed by atoms with Gasteiger partial charge in [-0.2, -0.15) is 5.26 Å². The van der Waals surface area contributed by atoms with Crippen molar-refractivity contribution in [2.45, 2.75) is 32.7 Å². The van der Waals surface area contributed by atoms with Gasteiger partial charge in [0.15, 0.2) is 0 Å². The Hall–Kier alpha value is -2.74. The molecule has 5 heteroatoms. The van der Waals surface area contributed by atoms with E-state index in [9.17, 15) is 4.79 Å². The highest BCUT2D eigenvalue weighted by Crippen LogP contribution is 2.16. The first-order chi connectivity index (χ1) is 11.7. The number of ether oxygens (including phenoxy) is 1. The van der Waals surface area contributed by atoms with Gasteiger partial charge in [0.2, 0.25) is 0 Å². The summed E-state index contributed by atoms with van der Waals surface area (Å²) in [6.07, 6.45) is 3.94. The number of hydrogen-bond acceptors (Lipinski definition) is 4. The van der Waals surface area contributed by atoms with Crippen molar-refractivity contribution in [2.75, 3.05) is 13.2 Å². The molecule has 5 nitrogen and oxygen atoms in total. The molecule has 0 saturated heterocycles. The highest BCUT2D eigenvalue weighted by Gasteiger charge is 2.17. The van der Waals surface area contributed by atoms with Gasteiger partial charge in [-0.1, -0.05) is 13.3 Å². The maximum atomic E-state index is 12.7. The van der Waals surface area contributed by atoms with Gasteiger partial charge in [-0.25, -0.2) is 0 Å². The van der Waals surface area contributed by atoms with Crippen molar-refractivity contribution >= 4 is 5.91 Å². The predicted molar refractivity (Wildman–Crippen MR) is 90.5 cm³/mol. The zero-order valence-corrected chi connectivity index (χ0v) is 13.9. The third-order valence-electron chi connectivity index (χ3n) is 3.58. The molecular formula is C19H22N2O3. The molecular weight excluding hydrogens is 304 g/mol. The van der Waals surface area contributed by atoms with Crippen LogP contribution in [0.3, 0.4) is 0 Å². The van der Waals surface area contributed by atoms with E-state index in [1.54, 1.807) is 41.5 Å². The van der Waals surface area contributed by atoms with Crippen molar-refractivity contribution in [3.8, 4) is 11.8 Å². The minimum atomic E-state index is -0.123. The smallest absolute Gasteiger partial charge is 0.254 e. The summed E-state index contributed by atoms with van der Waals surface area (Å²) < 4.78 is 10.9. The monoisotopic (exact) mass is 326 g/mol. The normalized spacial score (nSPS) is 10.2. The predicted octanol–water partition coefficient (Wildman–Crippen LogP) is 4.01. The first kappa shape index (κ1) is 17.6. The van der Waals surface area contributed by atoms with Crippen LogP contribution in [0.1, 0.15) is 42.3 Å². The number of unbranched alkanes of at least 4 members (excludes halogenated alkanes) is 1. The number of carbonyl (C=O) groups is 1. The van der Waals surface area contributed by atoms with Crippen molar-refractivity contribution in [1.29, 1.82) is 5.26 Å². The molecule has 0 aliphatic carbocycles. The maximum Gasteiger partial charge on any atom is 0.254 e. The van der Waals surface area contributed by atoms with E-state index >= 15 is 0 Å². The van der Waals surface area contributed by atoms with Gasteiger partial charge >= 0.3 is 0 Å². The Morgan fingerprint density at radius 3 is 2.71 bits per heavy atom. The maximum absolute atomic E-state index is 12.7. The van der Waals surface area contributed by atoms with Crippen LogP contribution in [0.15, 0.2) is 47.1 Å². The van der Waals surface area contributed by atoms with Crippen LogP contribution in [0, 0.1) is 11.3 Å². The van der Waals surface area contributed by atoms with Gasteiger partial charge in [0.1, 0.15) is 11.5 Å². The van der Waals surface area contributed by atoms with E-state index < -0.39 is 0 Å². The Balaban J connectivity index is 2.03. The second kappa shape index (κ2) is 9.41. The zero-order chi connectivity index (χ0) is 17.2. The van der Waals surface area contributed by atoms with E-state index in [-0.39, 0.29) is 12.3 Å². The summed E-state index contributed by atoms with van der Waals surface area (Å²) in [7, 11) is 0. The summed E-state index contributed by atoms with van der Waals surface area (Å²) in [5, 5.41) is 8.80. The van der Waals surface area contributed by atoms with Crippen LogP contribution in [-0.4, -0.2) is 24.0 Å². The van der Waals surface area contributed by atoms with Gasteiger partial charge in [0, 0.05) is 12.1 Å². The molecule has 0 bridgehead atoms. The average molecular weight is 326 g/mol. The molecule has 0 N–H and O–H groups in total. The number of hydrogen-bond donors (Lipinski definition) is 0. The fraction of sp³-hybridized carbons (Fsp3) is 0.368. The van der Waals surface area contributed by atoms with E-state index in [1.807, 2.05) is 6.07 Å². The molecule has 2 rings (SSSR count). The summed E-state index contributed by atoms with van der Waals surface area (Å²) in [6.45, 7) is 3.50. The highest BCUT2D eigenvalue weighted by molar-refractivity contribution is 5.94. The fourth-order valence-corrected chi connectivity index (χ4v) is 2.24. The van der Waals surface area contributed by atoms with E-state index in [0.717, 1.165) is 18.6 Å². The number of amides is 1. The Bertz CT molecular complexity index is 657. The van der Waals surface area contributed by atoms with Crippen LogP contribution in [0.25, 0.3) is 0 Å². The molecule has 1 amide bonds. The molecule has 1 heterocycles. The van der Waals surface area contributed by atoms with Gasteiger partial charge in [0.25, 0.3) is 5.91 Å². The summed E-state index contributed by atoms with van der Waals surface area (Å²) in [5.41, 5.74) is 0.572. The van der Waals surface area contributed by atoms with Crippen LogP contribution in [-0.2, 0) is 6.54 Å². The van der Waals surface area contributed by atoms with Gasteiger partial charge < -0.3 is 14.1 Å². The van der Waals surface area contributed by atoms with Crippen molar-refractivity contribution < 1.29 is 13.9 Å². The second-order valence-electron chi connectivity index (χ2n) is 5.44. The van der Waals surface area contributed by atoms with Crippen LogP contribution in [0.2, 0.25) is 0 Å². The number of carbonyl (C=O) groups excluding carboxylic acids is 1. The van der Waals surface area contributed by atoms with Gasteiger partial charge in [-0.15, -0.1) is 0 Å². The molecule has 0 fully saturated rings. The number of nitrogens with zero attached hydrogens (tertiary/aromatic N) is 2. The third-order valence-corrected chi connectivity index (χ3v) is 3.58. The first-order valence-corrected chi connectivity index (χ1v) is 8.16. The van der Waals surface area contributed by atoms with Crippen LogP contribution >= 0.6 is 0 Å². The lowest BCUT2D eigenvalue weighted by Crippen LogP contribution is -2.31. The quantitative estimate of drug-likeness (QED) is 0.653. The minimum Gasteiger partial charge on any atom is -0.494 e. The number of furan rings is 1. The average Bonchev–Trinajstić information content (AvgIpc) is 3.12. The van der Waals surface area contributed by atoms with Gasteiger partial charge in [-0.3, -0.25) is 4.79 Å². The van der Waals surface area contributed by atoms with E-state index in [0.29, 0.717) is 31.0 Å². The standard InChI is InChI=1S/C19H22N2O3/c1-2-3-13-23-17-9-7-16(8-10-17)19(22)21(12-5-11-20)15-18-6-4-14-24-18/h4,6-10,14H,2-3,5,12-13,15H2,1H3. The second-order valence-corrected chi connectivity index (χ2v) is 5.44. The lowest BCUT2D eigenvalue weighted by atomic mass is 10.2. The lowest BCUT2D eigenvalue weighted by molar-refractivity contribution is 0.0735. The molecule has 0 radical (unpaired) electrons. The lowest BCUT2D eigenvalue weighted by Gasteiger charge is -2.20. The molecule has 0 atom stereocenters. The SMILES string of the molecule is CCCCOc1ccc(C(=O)N(CCC#N)Cc2ccco2)cc1. The Labute approximate surface area is 142 Å². The molecule has 1 aromatic carbocycles. The molecule has 24 heavy (non-hydrogen) atoms. The zero-order valence-electron chi connectivity index (χ0n) is 13.9.